The molecule has 8 heteroatoms. The summed E-state index contributed by atoms with van der Waals surface area (Å²) in [5.41, 5.74) is -0.00211. The van der Waals surface area contributed by atoms with Gasteiger partial charge in [-0.1, -0.05) is 28.8 Å². The smallest absolute Gasteiger partial charge is 0.337 e. The van der Waals surface area contributed by atoms with Crippen molar-refractivity contribution in [2.45, 2.75) is 25.7 Å². The molecule has 1 aromatic rings. The lowest BCUT2D eigenvalue weighted by Crippen LogP contribution is -2.36. The van der Waals surface area contributed by atoms with E-state index in [1.54, 1.807) is 6.07 Å². The lowest BCUT2D eigenvalue weighted by molar-refractivity contribution is 0.0698. The van der Waals surface area contributed by atoms with E-state index in [9.17, 15) is 18.3 Å². The molecule has 2 N–H and O–H groups in total. The molecule has 0 saturated carbocycles. The maximum atomic E-state index is 12.4. The van der Waals surface area contributed by atoms with Gasteiger partial charge >= 0.3 is 16.2 Å². The van der Waals surface area contributed by atoms with Crippen LogP contribution in [-0.4, -0.2) is 36.9 Å². The largest absolute Gasteiger partial charge is 0.478 e. The second kappa shape index (κ2) is 6.76. The van der Waals surface area contributed by atoms with Crippen LogP contribution >= 0.6 is 15.9 Å². The summed E-state index contributed by atoms with van der Waals surface area (Å²) in [6.07, 6.45) is 3.69. The third-order valence-electron chi connectivity index (χ3n) is 3.36. The third-order valence-corrected chi connectivity index (χ3v) is 5.37. The van der Waals surface area contributed by atoms with Crippen molar-refractivity contribution in [2.24, 2.45) is 0 Å². The Hall–Kier alpha value is -1.12. The summed E-state index contributed by atoms with van der Waals surface area (Å²) >= 11 is 3.18. The Balaban J connectivity index is 2.25. The maximum Gasteiger partial charge on any atom is 0.337 e. The van der Waals surface area contributed by atoms with E-state index in [1.807, 2.05) is 0 Å². The molecule has 0 atom stereocenters. The average molecular weight is 377 g/mol. The van der Waals surface area contributed by atoms with Gasteiger partial charge in [0.05, 0.1) is 11.3 Å². The van der Waals surface area contributed by atoms with Gasteiger partial charge in [0.15, 0.2) is 0 Å². The van der Waals surface area contributed by atoms with Crippen molar-refractivity contribution in [3.63, 3.8) is 0 Å². The van der Waals surface area contributed by atoms with E-state index in [0.29, 0.717) is 17.6 Å². The van der Waals surface area contributed by atoms with Crippen LogP contribution in [0.15, 0.2) is 22.7 Å². The molecule has 2 rings (SSSR count). The quantitative estimate of drug-likeness (QED) is 0.845. The molecule has 0 amide bonds. The Morgan fingerprint density at radius 1 is 1.19 bits per heavy atom. The number of aromatic carboxylic acids is 1. The zero-order chi connectivity index (χ0) is 15.5. The first-order valence-corrected chi connectivity index (χ1v) is 8.94. The van der Waals surface area contributed by atoms with Crippen molar-refractivity contribution in [3.8, 4) is 0 Å². The highest BCUT2D eigenvalue weighted by molar-refractivity contribution is 9.10. The van der Waals surface area contributed by atoms with Crippen LogP contribution in [0.4, 0.5) is 5.69 Å². The van der Waals surface area contributed by atoms with E-state index in [-0.39, 0.29) is 11.3 Å². The number of hydrogen-bond donors (Lipinski definition) is 2. The van der Waals surface area contributed by atoms with Crippen LogP contribution in [0.2, 0.25) is 0 Å². The number of carboxylic acids is 1. The van der Waals surface area contributed by atoms with Crippen LogP contribution in [0.3, 0.4) is 0 Å². The van der Waals surface area contributed by atoms with E-state index >= 15 is 0 Å². The number of hydrogen-bond acceptors (Lipinski definition) is 3. The van der Waals surface area contributed by atoms with Gasteiger partial charge in [0, 0.05) is 17.6 Å². The molecular formula is C13H17BrN2O4S. The fourth-order valence-electron chi connectivity index (χ4n) is 2.27. The van der Waals surface area contributed by atoms with Gasteiger partial charge in [-0.15, -0.1) is 0 Å². The molecule has 0 unspecified atom stereocenters. The minimum absolute atomic E-state index is 0.0787. The Kier molecular flexibility index (Phi) is 5.23. The van der Waals surface area contributed by atoms with Crippen molar-refractivity contribution in [3.05, 3.63) is 28.2 Å². The van der Waals surface area contributed by atoms with Crippen LogP contribution in [0.5, 0.6) is 0 Å². The van der Waals surface area contributed by atoms with Crippen molar-refractivity contribution in [2.75, 3.05) is 17.8 Å². The Morgan fingerprint density at radius 3 is 2.38 bits per heavy atom. The van der Waals surface area contributed by atoms with Crippen LogP contribution in [-0.2, 0) is 10.2 Å². The molecule has 1 aromatic carbocycles. The molecule has 0 spiro atoms. The average Bonchev–Trinajstić information content (AvgIpc) is 2.70. The van der Waals surface area contributed by atoms with Gasteiger partial charge in [-0.3, -0.25) is 4.72 Å². The predicted octanol–water partition coefficient (Wildman–Crippen LogP) is 2.68. The minimum atomic E-state index is -3.72. The van der Waals surface area contributed by atoms with Crippen molar-refractivity contribution in [1.29, 1.82) is 0 Å². The van der Waals surface area contributed by atoms with Crippen molar-refractivity contribution >= 4 is 37.8 Å². The SMILES string of the molecule is O=C(O)c1cc(Br)ccc1NS(=O)(=O)N1CCCCCC1. The summed E-state index contributed by atoms with van der Waals surface area (Å²) in [6, 6.07) is 4.43. The Morgan fingerprint density at radius 2 is 1.81 bits per heavy atom. The highest BCUT2D eigenvalue weighted by Crippen LogP contribution is 2.23. The fraction of sp³-hybridized carbons (Fsp3) is 0.462. The van der Waals surface area contributed by atoms with Gasteiger partial charge in [-0.05, 0) is 31.0 Å². The monoisotopic (exact) mass is 376 g/mol. The topological polar surface area (TPSA) is 86.7 Å². The number of carbonyl (C=O) groups is 1. The normalized spacial score (nSPS) is 17.2. The van der Waals surface area contributed by atoms with E-state index in [0.717, 1.165) is 25.7 Å². The highest BCUT2D eigenvalue weighted by atomic mass is 79.9. The first-order valence-electron chi connectivity index (χ1n) is 6.71. The molecule has 0 radical (unpaired) electrons. The molecule has 116 valence electrons. The molecule has 0 bridgehead atoms. The molecule has 0 aliphatic carbocycles. The van der Waals surface area contributed by atoms with Gasteiger partial charge < -0.3 is 5.11 Å². The summed E-state index contributed by atoms with van der Waals surface area (Å²) in [6.45, 7) is 0.933. The molecule has 1 heterocycles. The molecule has 1 aliphatic heterocycles. The molecule has 1 aliphatic rings. The summed E-state index contributed by atoms with van der Waals surface area (Å²) in [4.78, 5) is 11.2. The number of anilines is 1. The van der Waals surface area contributed by atoms with Gasteiger partial charge in [0.25, 0.3) is 0 Å². The lowest BCUT2D eigenvalue weighted by Gasteiger charge is -2.21. The standard InChI is InChI=1S/C13H17BrN2O4S/c14-10-5-6-12(11(9-10)13(17)18)15-21(19,20)16-7-3-1-2-4-8-16/h5-6,9,15H,1-4,7-8H2,(H,17,18). The predicted molar refractivity (Wildman–Crippen MR) is 83.7 cm³/mol. The molecule has 1 saturated heterocycles. The molecule has 21 heavy (non-hydrogen) atoms. The number of halogens is 1. The van der Waals surface area contributed by atoms with Crippen LogP contribution in [0.25, 0.3) is 0 Å². The van der Waals surface area contributed by atoms with E-state index in [2.05, 4.69) is 20.7 Å². The fourth-order valence-corrected chi connectivity index (χ4v) is 3.95. The summed E-state index contributed by atoms with van der Waals surface area (Å²) in [5, 5.41) is 9.17. The summed E-state index contributed by atoms with van der Waals surface area (Å²) in [7, 11) is -3.72. The minimum Gasteiger partial charge on any atom is -0.478 e. The zero-order valence-corrected chi connectivity index (χ0v) is 13.8. The van der Waals surface area contributed by atoms with Gasteiger partial charge in [0.1, 0.15) is 0 Å². The first-order chi connectivity index (χ1) is 9.90. The van der Waals surface area contributed by atoms with Gasteiger partial charge in [-0.25, -0.2) is 4.79 Å². The second-order valence-electron chi connectivity index (χ2n) is 4.92. The number of rotatable bonds is 4. The van der Waals surface area contributed by atoms with Crippen molar-refractivity contribution < 1.29 is 18.3 Å². The number of nitrogens with one attached hydrogen (secondary N) is 1. The van der Waals surface area contributed by atoms with E-state index < -0.39 is 16.2 Å². The summed E-state index contributed by atoms with van der Waals surface area (Å²) in [5.74, 6) is -1.18. The summed E-state index contributed by atoms with van der Waals surface area (Å²) < 4.78 is 29.1. The number of nitrogens with zero attached hydrogens (tertiary/aromatic N) is 1. The second-order valence-corrected chi connectivity index (χ2v) is 7.50. The van der Waals surface area contributed by atoms with Crippen LogP contribution in [0, 0.1) is 0 Å². The lowest BCUT2D eigenvalue weighted by atomic mass is 10.2. The first kappa shape index (κ1) is 16.3. The molecule has 6 nitrogen and oxygen atoms in total. The molecule has 1 fully saturated rings. The Labute approximate surface area is 132 Å². The number of benzene rings is 1. The van der Waals surface area contributed by atoms with Crippen LogP contribution < -0.4 is 4.72 Å². The third kappa shape index (κ3) is 4.18. The van der Waals surface area contributed by atoms with Gasteiger partial charge in [-0.2, -0.15) is 12.7 Å². The van der Waals surface area contributed by atoms with Gasteiger partial charge in [0.2, 0.25) is 0 Å². The van der Waals surface area contributed by atoms with E-state index in [1.165, 1.54) is 16.4 Å². The highest BCUT2D eigenvalue weighted by Gasteiger charge is 2.24. The maximum absolute atomic E-state index is 12.4. The molecule has 0 aromatic heterocycles. The molecular weight excluding hydrogens is 360 g/mol. The van der Waals surface area contributed by atoms with E-state index in [4.69, 9.17) is 0 Å². The zero-order valence-electron chi connectivity index (χ0n) is 11.4. The Bertz CT molecular complexity index is 625. The van der Waals surface area contributed by atoms with Crippen molar-refractivity contribution in [1.82, 2.24) is 4.31 Å². The number of carboxylic acid groups (broad SMARTS) is 1. The van der Waals surface area contributed by atoms with Crippen LogP contribution in [0.1, 0.15) is 36.0 Å².